The Hall–Kier alpha value is -2.02. The topological polar surface area (TPSA) is 71.1 Å². The van der Waals surface area contributed by atoms with Gasteiger partial charge in [-0.3, -0.25) is 4.79 Å². The van der Waals surface area contributed by atoms with Gasteiger partial charge in [-0.05, 0) is 45.0 Å². The SMILES string of the molecule is CCOC(=O)COc1c(C=O)cc(O[Si](C)(C)C(C)(C)C)cc1OC(C)C. The molecule has 27 heavy (non-hydrogen) atoms. The molecule has 0 aliphatic rings. The second kappa shape index (κ2) is 9.26. The van der Waals surface area contributed by atoms with E-state index in [1.807, 2.05) is 13.8 Å². The molecule has 0 bridgehead atoms. The maximum Gasteiger partial charge on any atom is 0.344 e. The molecule has 6 nitrogen and oxygen atoms in total. The average molecular weight is 397 g/mol. The quantitative estimate of drug-likeness (QED) is 0.345. The summed E-state index contributed by atoms with van der Waals surface area (Å²) in [7, 11) is -2.10. The van der Waals surface area contributed by atoms with Gasteiger partial charge < -0.3 is 18.6 Å². The summed E-state index contributed by atoms with van der Waals surface area (Å²) >= 11 is 0. The zero-order valence-corrected chi connectivity index (χ0v) is 18.7. The first-order valence-electron chi connectivity index (χ1n) is 9.18. The minimum Gasteiger partial charge on any atom is -0.543 e. The van der Waals surface area contributed by atoms with Crippen molar-refractivity contribution >= 4 is 20.6 Å². The van der Waals surface area contributed by atoms with Gasteiger partial charge in [0, 0.05) is 6.07 Å². The highest BCUT2D eigenvalue weighted by Gasteiger charge is 2.39. The van der Waals surface area contributed by atoms with Gasteiger partial charge in [0.2, 0.25) is 8.32 Å². The van der Waals surface area contributed by atoms with E-state index >= 15 is 0 Å². The average Bonchev–Trinajstić information content (AvgIpc) is 2.51. The van der Waals surface area contributed by atoms with E-state index in [0.29, 0.717) is 17.8 Å². The zero-order valence-electron chi connectivity index (χ0n) is 17.7. The van der Waals surface area contributed by atoms with Gasteiger partial charge in [-0.1, -0.05) is 20.8 Å². The summed E-state index contributed by atoms with van der Waals surface area (Å²) in [5.41, 5.74) is 0.270. The summed E-state index contributed by atoms with van der Waals surface area (Å²) in [6.07, 6.45) is 0.532. The number of rotatable bonds is 9. The third-order valence-electron chi connectivity index (χ3n) is 4.37. The van der Waals surface area contributed by atoms with Crippen LogP contribution in [0, 0.1) is 0 Å². The Morgan fingerprint density at radius 1 is 1.22 bits per heavy atom. The molecule has 0 N–H and O–H groups in total. The van der Waals surface area contributed by atoms with Crippen molar-refractivity contribution in [1.29, 1.82) is 0 Å². The summed E-state index contributed by atoms with van der Waals surface area (Å²) in [6, 6.07) is 3.34. The second-order valence-corrected chi connectivity index (χ2v) is 12.8. The molecular formula is C20H32O6Si. The molecule has 0 heterocycles. The Labute approximate surface area is 163 Å². The maximum atomic E-state index is 11.7. The summed E-state index contributed by atoms with van der Waals surface area (Å²) in [6.45, 7) is 16.1. The number of carbonyl (C=O) groups excluding carboxylic acids is 2. The van der Waals surface area contributed by atoms with Crippen LogP contribution in [-0.4, -0.2) is 39.9 Å². The summed E-state index contributed by atoms with van der Waals surface area (Å²) in [4.78, 5) is 23.3. The van der Waals surface area contributed by atoms with Gasteiger partial charge in [-0.2, -0.15) is 0 Å². The van der Waals surface area contributed by atoms with E-state index in [-0.39, 0.29) is 35.7 Å². The highest BCUT2D eigenvalue weighted by molar-refractivity contribution is 6.74. The standard InChI is InChI=1S/C20H32O6Si/c1-9-23-18(22)13-24-19-15(12-21)10-16(11-17(19)25-14(2)3)26-27(7,8)20(4,5)6/h10-12,14H,9,13H2,1-8H3. The minimum atomic E-state index is -2.10. The van der Waals surface area contributed by atoms with Gasteiger partial charge in [0.05, 0.1) is 18.3 Å². The lowest BCUT2D eigenvalue weighted by Crippen LogP contribution is -2.43. The summed E-state index contributed by atoms with van der Waals surface area (Å²) in [5, 5.41) is 0.00644. The molecule has 0 aliphatic carbocycles. The molecule has 152 valence electrons. The van der Waals surface area contributed by atoms with Gasteiger partial charge in [0.15, 0.2) is 24.4 Å². The van der Waals surface area contributed by atoms with Crippen LogP contribution in [0.1, 0.15) is 51.9 Å². The van der Waals surface area contributed by atoms with Crippen molar-refractivity contribution in [3.8, 4) is 17.2 Å². The molecule has 1 aromatic carbocycles. The molecule has 0 aliphatic heterocycles. The first-order chi connectivity index (χ1) is 12.4. The van der Waals surface area contributed by atoms with E-state index in [4.69, 9.17) is 18.6 Å². The lowest BCUT2D eigenvalue weighted by molar-refractivity contribution is -0.145. The van der Waals surface area contributed by atoms with E-state index in [2.05, 4.69) is 33.9 Å². The van der Waals surface area contributed by atoms with E-state index in [0.717, 1.165) is 0 Å². The van der Waals surface area contributed by atoms with Crippen LogP contribution in [0.5, 0.6) is 17.2 Å². The minimum absolute atomic E-state index is 0.00644. The molecule has 0 radical (unpaired) electrons. The van der Waals surface area contributed by atoms with Crippen molar-refractivity contribution in [1.82, 2.24) is 0 Å². The number of hydrogen-bond donors (Lipinski definition) is 0. The molecule has 0 spiro atoms. The number of ether oxygens (including phenoxy) is 3. The second-order valence-electron chi connectivity index (χ2n) is 8.08. The summed E-state index contributed by atoms with van der Waals surface area (Å²) in [5.74, 6) is 0.635. The molecule has 0 saturated carbocycles. The van der Waals surface area contributed by atoms with Gasteiger partial charge in [0.1, 0.15) is 5.75 Å². The fraction of sp³-hybridized carbons (Fsp3) is 0.600. The van der Waals surface area contributed by atoms with Crippen LogP contribution < -0.4 is 13.9 Å². The van der Waals surface area contributed by atoms with Crippen LogP contribution in [-0.2, 0) is 9.53 Å². The van der Waals surface area contributed by atoms with E-state index in [9.17, 15) is 9.59 Å². The van der Waals surface area contributed by atoms with E-state index in [1.54, 1.807) is 19.1 Å². The third-order valence-corrected chi connectivity index (χ3v) is 8.72. The lowest BCUT2D eigenvalue weighted by Gasteiger charge is -2.36. The van der Waals surface area contributed by atoms with Crippen LogP contribution in [0.2, 0.25) is 18.1 Å². The molecular weight excluding hydrogens is 364 g/mol. The summed E-state index contributed by atoms with van der Waals surface area (Å²) < 4.78 is 22.5. The molecule has 0 aromatic heterocycles. The monoisotopic (exact) mass is 396 g/mol. The number of hydrogen-bond acceptors (Lipinski definition) is 6. The molecule has 1 aromatic rings. The van der Waals surface area contributed by atoms with E-state index in [1.165, 1.54) is 0 Å². The van der Waals surface area contributed by atoms with Crippen molar-refractivity contribution in [2.45, 2.75) is 65.8 Å². The number of esters is 1. The Kier molecular flexibility index (Phi) is 7.89. The molecule has 0 atom stereocenters. The molecule has 0 saturated heterocycles. The molecule has 0 unspecified atom stereocenters. The van der Waals surface area contributed by atoms with Gasteiger partial charge in [-0.15, -0.1) is 0 Å². The van der Waals surface area contributed by atoms with Crippen molar-refractivity contribution in [2.24, 2.45) is 0 Å². The number of aldehydes is 1. The molecule has 0 fully saturated rings. The Morgan fingerprint density at radius 3 is 2.33 bits per heavy atom. The first-order valence-corrected chi connectivity index (χ1v) is 12.1. The predicted molar refractivity (Wildman–Crippen MR) is 108 cm³/mol. The predicted octanol–water partition coefficient (Wildman–Crippen LogP) is 4.61. The highest BCUT2D eigenvalue weighted by atomic mass is 28.4. The van der Waals surface area contributed by atoms with Crippen LogP contribution in [0.15, 0.2) is 12.1 Å². The Balaban J connectivity index is 3.27. The fourth-order valence-electron chi connectivity index (χ4n) is 2.02. The number of benzene rings is 1. The normalized spacial score (nSPS) is 11.9. The number of carbonyl (C=O) groups is 2. The van der Waals surface area contributed by atoms with Gasteiger partial charge in [-0.25, -0.2) is 4.79 Å². The fourth-order valence-corrected chi connectivity index (χ4v) is 3.03. The largest absolute Gasteiger partial charge is 0.543 e. The Bertz CT molecular complexity index is 661. The van der Waals surface area contributed by atoms with Crippen LogP contribution in [0.25, 0.3) is 0 Å². The van der Waals surface area contributed by atoms with Crippen LogP contribution in [0.4, 0.5) is 0 Å². The van der Waals surface area contributed by atoms with Gasteiger partial charge in [0.25, 0.3) is 0 Å². The zero-order chi connectivity index (χ0) is 20.8. The van der Waals surface area contributed by atoms with Gasteiger partial charge >= 0.3 is 5.97 Å². The molecule has 1 rings (SSSR count). The Morgan fingerprint density at radius 2 is 1.85 bits per heavy atom. The smallest absolute Gasteiger partial charge is 0.344 e. The van der Waals surface area contributed by atoms with Crippen molar-refractivity contribution in [3.05, 3.63) is 17.7 Å². The molecule has 7 heteroatoms. The van der Waals surface area contributed by atoms with Crippen LogP contribution in [0.3, 0.4) is 0 Å². The maximum absolute atomic E-state index is 11.7. The third kappa shape index (κ3) is 6.57. The first kappa shape index (κ1) is 23.0. The van der Waals surface area contributed by atoms with Crippen molar-refractivity contribution in [2.75, 3.05) is 13.2 Å². The van der Waals surface area contributed by atoms with Crippen molar-refractivity contribution < 1.29 is 28.2 Å². The van der Waals surface area contributed by atoms with Crippen molar-refractivity contribution in [3.63, 3.8) is 0 Å². The molecule has 0 amide bonds. The lowest BCUT2D eigenvalue weighted by atomic mass is 10.2. The highest BCUT2D eigenvalue weighted by Crippen LogP contribution is 2.41. The van der Waals surface area contributed by atoms with E-state index < -0.39 is 14.3 Å². The van der Waals surface area contributed by atoms with Crippen LogP contribution >= 0.6 is 0 Å².